The van der Waals surface area contributed by atoms with Crippen LogP contribution in [0, 0.1) is 0 Å². The van der Waals surface area contributed by atoms with Crippen LogP contribution in [0.15, 0.2) is 12.4 Å². The van der Waals surface area contributed by atoms with E-state index in [2.05, 4.69) is 23.8 Å². The maximum atomic E-state index is 4.32. The van der Waals surface area contributed by atoms with Gasteiger partial charge in [-0.2, -0.15) is 0 Å². The zero-order valence-corrected chi connectivity index (χ0v) is 7.98. The zero-order valence-electron chi connectivity index (χ0n) is 7.16. The van der Waals surface area contributed by atoms with Gasteiger partial charge in [-0.1, -0.05) is 0 Å². The molecule has 0 unspecified atom stereocenters. The lowest BCUT2D eigenvalue weighted by Gasteiger charge is -2.07. The van der Waals surface area contributed by atoms with Gasteiger partial charge >= 0.3 is 0 Å². The van der Waals surface area contributed by atoms with Gasteiger partial charge in [0, 0.05) is 23.1 Å². The average Bonchev–Trinajstić information content (AvgIpc) is 2.12. The molecule has 62 valence electrons. The third-order valence-corrected chi connectivity index (χ3v) is 3.14. The predicted molar refractivity (Wildman–Crippen MR) is 51.9 cm³/mol. The molecule has 1 aliphatic heterocycles. The third kappa shape index (κ3) is 1.14. The van der Waals surface area contributed by atoms with E-state index in [0.717, 1.165) is 16.5 Å². The first kappa shape index (κ1) is 7.80. The summed E-state index contributed by atoms with van der Waals surface area (Å²) in [5, 5.41) is 2.14. The first-order valence-electron chi connectivity index (χ1n) is 3.89. The number of rotatable bonds is 0. The van der Waals surface area contributed by atoms with E-state index < -0.39 is 0 Å². The molecule has 0 bridgehead atoms. The Labute approximate surface area is 75.4 Å². The predicted octanol–water partition coefficient (Wildman–Crippen LogP) is 0.522. The van der Waals surface area contributed by atoms with Gasteiger partial charge in [-0.3, -0.25) is 9.97 Å². The number of hydrogen-bond donors (Lipinski definition) is 0. The van der Waals surface area contributed by atoms with Crippen LogP contribution in [-0.2, 0) is 0 Å². The standard InChI is InChI=1S/C9H10N2S/c1-6-5-12-7(2)9-8(6)10-3-4-11-9/h3-4H,5H2,1-2H3. The minimum Gasteiger partial charge on any atom is -0.253 e. The van der Waals surface area contributed by atoms with E-state index >= 15 is 0 Å². The van der Waals surface area contributed by atoms with Crippen molar-refractivity contribution in [3.8, 4) is 0 Å². The van der Waals surface area contributed by atoms with E-state index in [9.17, 15) is 0 Å². The molecule has 0 aromatic carbocycles. The number of hydrogen-bond acceptors (Lipinski definition) is 3. The summed E-state index contributed by atoms with van der Waals surface area (Å²) in [6, 6.07) is 0. The summed E-state index contributed by atoms with van der Waals surface area (Å²) >= 11 is 1.85. The van der Waals surface area contributed by atoms with E-state index in [0.29, 0.717) is 0 Å². The molecule has 0 radical (unpaired) electrons. The fraction of sp³-hybridized carbons (Fsp3) is 0.333. The van der Waals surface area contributed by atoms with Gasteiger partial charge in [0.15, 0.2) is 0 Å². The van der Waals surface area contributed by atoms with E-state index in [1.807, 2.05) is 11.8 Å². The highest BCUT2D eigenvalue weighted by Gasteiger charge is 2.05. The van der Waals surface area contributed by atoms with Crippen LogP contribution in [0.4, 0.5) is 0 Å². The summed E-state index contributed by atoms with van der Waals surface area (Å²) in [5.74, 6) is 1.05. The van der Waals surface area contributed by atoms with Crippen molar-refractivity contribution in [2.45, 2.75) is 13.8 Å². The average molecular weight is 178 g/mol. The summed E-state index contributed by atoms with van der Waals surface area (Å²) in [7, 11) is 0. The van der Waals surface area contributed by atoms with Gasteiger partial charge in [0.1, 0.15) is 0 Å². The van der Waals surface area contributed by atoms with Gasteiger partial charge < -0.3 is 0 Å². The molecule has 3 heteroatoms. The molecule has 2 rings (SSSR count). The van der Waals surface area contributed by atoms with E-state index in [4.69, 9.17) is 0 Å². The number of thioether (sulfide) groups is 1. The summed E-state index contributed by atoms with van der Waals surface area (Å²) in [6.07, 6.45) is 3.51. The lowest BCUT2D eigenvalue weighted by molar-refractivity contribution is 1.08. The maximum absolute atomic E-state index is 4.32. The molecule has 1 aromatic heterocycles. The molecule has 0 aliphatic carbocycles. The summed E-state index contributed by atoms with van der Waals surface area (Å²) in [4.78, 5) is 9.91. The van der Waals surface area contributed by atoms with Gasteiger partial charge in [0.25, 0.3) is 0 Å². The molecule has 0 atom stereocenters. The minimum absolute atomic E-state index is 1.05. The van der Waals surface area contributed by atoms with Gasteiger partial charge in [0.05, 0.1) is 10.7 Å². The lowest BCUT2D eigenvalue weighted by atomic mass is 10.3. The quantitative estimate of drug-likeness (QED) is 0.579. The monoisotopic (exact) mass is 178 g/mol. The van der Waals surface area contributed by atoms with E-state index in [1.54, 1.807) is 12.4 Å². The van der Waals surface area contributed by atoms with Gasteiger partial charge in [-0.15, -0.1) is 11.8 Å². The van der Waals surface area contributed by atoms with Crippen LogP contribution < -0.4 is 10.7 Å². The van der Waals surface area contributed by atoms with E-state index in [1.165, 1.54) is 10.5 Å². The third-order valence-electron chi connectivity index (χ3n) is 1.94. The second-order valence-electron chi connectivity index (χ2n) is 2.88. The molecule has 0 N–H and O–H groups in total. The van der Waals surface area contributed by atoms with Crippen LogP contribution >= 0.6 is 11.8 Å². The molecule has 0 saturated carbocycles. The molecular formula is C9H10N2S. The Morgan fingerprint density at radius 1 is 1.17 bits per heavy atom. The highest BCUT2D eigenvalue weighted by molar-refractivity contribution is 8.08. The van der Waals surface area contributed by atoms with Crippen LogP contribution in [0.2, 0.25) is 0 Å². The van der Waals surface area contributed by atoms with Crippen molar-refractivity contribution in [3.63, 3.8) is 0 Å². The maximum Gasteiger partial charge on any atom is 0.0978 e. The number of aromatic nitrogens is 2. The molecule has 0 amide bonds. The second kappa shape index (κ2) is 2.90. The van der Waals surface area contributed by atoms with Crippen LogP contribution in [0.25, 0.3) is 10.5 Å². The summed E-state index contributed by atoms with van der Waals surface area (Å²) in [6.45, 7) is 4.22. The number of nitrogens with zero attached hydrogens (tertiary/aromatic N) is 2. The number of fused-ring (bicyclic) bond motifs is 1. The Balaban J connectivity index is 2.95. The van der Waals surface area contributed by atoms with Crippen LogP contribution in [0.5, 0.6) is 0 Å². The highest BCUT2D eigenvalue weighted by Crippen LogP contribution is 2.18. The Bertz CT molecular complexity index is 381. The normalized spacial score (nSPS) is 16.2. The van der Waals surface area contributed by atoms with Gasteiger partial charge in [-0.25, -0.2) is 0 Å². The molecule has 1 aliphatic rings. The lowest BCUT2D eigenvalue weighted by Crippen LogP contribution is -2.36. The van der Waals surface area contributed by atoms with Crippen LogP contribution in [-0.4, -0.2) is 15.7 Å². The Hall–Kier alpha value is -0.830. The van der Waals surface area contributed by atoms with Crippen molar-refractivity contribution in [2.75, 3.05) is 5.75 Å². The molecule has 0 spiro atoms. The zero-order chi connectivity index (χ0) is 8.55. The molecule has 2 nitrogen and oxygen atoms in total. The molecular weight excluding hydrogens is 168 g/mol. The molecule has 0 saturated heterocycles. The van der Waals surface area contributed by atoms with Gasteiger partial charge in [0.2, 0.25) is 0 Å². The van der Waals surface area contributed by atoms with Crippen molar-refractivity contribution >= 4 is 22.2 Å². The Kier molecular flexibility index (Phi) is 1.89. The Morgan fingerprint density at radius 3 is 2.50 bits per heavy atom. The topological polar surface area (TPSA) is 25.8 Å². The van der Waals surface area contributed by atoms with Crippen molar-refractivity contribution in [1.29, 1.82) is 0 Å². The fourth-order valence-corrected chi connectivity index (χ4v) is 2.12. The molecule has 0 fully saturated rings. The van der Waals surface area contributed by atoms with Crippen molar-refractivity contribution in [1.82, 2.24) is 9.97 Å². The SMILES string of the molecule is CC1=c2nccnc2=C(C)SC1. The smallest absolute Gasteiger partial charge is 0.0978 e. The van der Waals surface area contributed by atoms with Crippen molar-refractivity contribution in [3.05, 3.63) is 23.1 Å². The largest absolute Gasteiger partial charge is 0.253 e. The van der Waals surface area contributed by atoms with Crippen molar-refractivity contribution in [2.24, 2.45) is 0 Å². The highest BCUT2D eigenvalue weighted by atomic mass is 32.2. The van der Waals surface area contributed by atoms with Crippen LogP contribution in [0.3, 0.4) is 0 Å². The first-order valence-corrected chi connectivity index (χ1v) is 4.88. The summed E-state index contributed by atoms with van der Waals surface area (Å²) < 4.78 is 0. The molecule has 1 aromatic rings. The van der Waals surface area contributed by atoms with E-state index in [-0.39, 0.29) is 0 Å². The first-order chi connectivity index (χ1) is 5.79. The van der Waals surface area contributed by atoms with Crippen LogP contribution in [0.1, 0.15) is 13.8 Å². The van der Waals surface area contributed by atoms with Crippen molar-refractivity contribution < 1.29 is 0 Å². The second-order valence-corrected chi connectivity index (χ2v) is 4.07. The summed E-state index contributed by atoms with van der Waals surface area (Å²) in [5.41, 5.74) is 1.33. The molecule has 12 heavy (non-hydrogen) atoms. The fourth-order valence-electron chi connectivity index (χ4n) is 1.26. The molecule has 2 heterocycles. The minimum atomic E-state index is 1.05. The Morgan fingerprint density at radius 2 is 1.83 bits per heavy atom. The van der Waals surface area contributed by atoms with Gasteiger partial charge in [-0.05, 0) is 19.4 Å².